The van der Waals surface area contributed by atoms with Crippen molar-refractivity contribution in [3.8, 4) is 0 Å². The average Bonchev–Trinajstić information content (AvgIpc) is 2.49. The summed E-state index contributed by atoms with van der Waals surface area (Å²) in [6.07, 6.45) is 1.02. The molecule has 0 bridgehead atoms. The second-order valence-corrected chi connectivity index (χ2v) is 6.10. The van der Waals surface area contributed by atoms with Crippen molar-refractivity contribution in [2.75, 3.05) is 32.7 Å². The van der Waals surface area contributed by atoms with E-state index in [1.807, 2.05) is 36.9 Å². The molecule has 1 aromatic carbocycles. The molecule has 0 spiro atoms. The first kappa shape index (κ1) is 18.2. The van der Waals surface area contributed by atoms with E-state index in [1.165, 1.54) is 0 Å². The van der Waals surface area contributed by atoms with Gasteiger partial charge in [0, 0.05) is 17.6 Å². The third-order valence-electron chi connectivity index (χ3n) is 3.82. The Bertz CT molecular complexity index is 458. The quantitative estimate of drug-likeness (QED) is 0.705. The molecular formula is C17H27BrN2O. The zero-order chi connectivity index (χ0) is 15.8. The largest absolute Gasteiger partial charge is 0.339 e. The molecule has 3 nitrogen and oxygen atoms in total. The van der Waals surface area contributed by atoms with Crippen molar-refractivity contribution < 1.29 is 4.79 Å². The standard InChI is InChI=1S/C17H27BrN2O/c1-5-19(6-2)11-8-12-20(7-3)17(21)15-13-14(4)9-10-16(15)18/h9-10,13H,5-8,11-12H2,1-4H3. The fourth-order valence-corrected chi connectivity index (χ4v) is 2.82. The monoisotopic (exact) mass is 354 g/mol. The summed E-state index contributed by atoms with van der Waals surface area (Å²) in [6.45, 7) is 13.2. The highest BCUT2D eigenvalue weighted by atomic mass is 79.9. The highest BCUT2D eigenvalue weighted by Gasteiger charge is 2.17. The average molecular weight is 355 g/mol. The van der Waals surface area contributed by atoms with Gasteiger partial charge in [0.15, 0.2) is 0 Å². The van der Waals surface area contributed by atoms with E-state index >= 15 is 0 Å². The van der Waals surface area contributed by atoms with Crippen molar-refractivity contribution in [2.24, 2.45) is 0 Å². The van der Waals surface area contributed by atoms with Crippen molar-refractivity contribution in [3.63, 3.8) is 0 Å². The van der Waals surface area contributed by atoms with Crippen LogP contribution in [0.3, 0.4) is 0 Å². The Labute approximate surface area is 137 Å². The van der Waals surface area contributed by atoms with E-state index in [1.54, 1.807) is 0 Å². The first-order chi connectivity index (χ1) is 10.0. The molecule has 0 radical (unpaired) electrons. The van der Waals surface area contributed by atoms with E-state index in [2.05, 4.69) is 34.7 Å². The Hall–Kier alpha value is -0.870. The van der Waals surface area contributed by atoms with Crippen LogP contribution in [0.15, 0.2) is 22.7 Å². The van der Waals surface area contributed by atoms with Crippen molar-refractivity contribution in [3.05, 3.63) is 33.8 Å². The lowest BCUT2D eigenvalue weighted by Crippen LogP contribution is -2.34. The van der Waals surface area contributed by atoms with Crippen LogP contribution in [-0.4, -0.2) is 48.4 Å². The molecule has 0 fully saturated rings. The minimum atomic E-state index is 0.118. The van der Waals surface area contributed by atoms with Crippen LogP contribution < -0.4 is 0 Å². The highest BCUT2D eigenvalue weighted by Crippen LogP contribution is 2.20. The maximum absolute atomic E-state index is 12.6. The predicted molar refractivity (Wildman–Crippen MR) is 92.9 cm³/mol. The predicted octanol–water partition coefficient (Wildman–Crippen LogP) is 3.95. The molecule has 4 heteroatoms. The number of carbonyl (C=O) groups excluding carboxylic acids is 1. The SMILES string of the molecule is CCN(CC)CCCN(CC)C(=O)c1cc(C)ccc1Br. The molecule has 21 heavy (non-hydrogen) atoms. The smallest absolute Gasteiger partial charge is 0.254 e. The van der Waals surface area contributed by atoms with Gasteiger partial charge in [-0.3, -0.25) is 4.79 Å². The number of hydrogen-bond donors (Lipinski definition) is 0. The van der Waals surface area contributed by atoms with E-state index < -0.39 is 0 Å². The summed E-state index contributed by atoms with van der Waals surface area (Å²) >= 11 is 3.49. The zero-order valence-electron chi connectivity index (χ0n) is 13.7. The summed E-state index contributed by atoms with van der Waals surface area (Å²) in [4.78, 5) is 17.0. The van der Waals surface area contributed by atoms with E-state index in [4.69, 9.17) is 0 Å². The first-order valence-electron chi connectivity index (χ1n) is 7.81. The number of carbonyl (C=O) groups is 1. The lowest BCUT2D eigenvalue weighted by molar-refractivity contribution is 0.0756. The molecule has 0 aliphatic carbocycles. The molecule has 1 aromatic rings. The van der Waals surface area contributed by atoms with Crippen molar-refractivity contribution >= 4 is 21.8 Å². The van der Waals surface area contributed by atoms with Crippen molar-refractivity contribution in [2.45, 2.75) is 34.1 Å². The Morgan fingerprint density at radius 1 is 1.10 bits per heavy atom. The third kappa shape index (κ3) is 5.44. The summed E-state index contributed by atoms with van der Waals surface area (Å²) in [5.74, 6) is 0.118. The van der Waals surface area contributed by atoms with Crippen LogP contribution in [0.1, 0.15) is 43.1 Å². The number of amides is 1. The van der Waals surface area contributed by atoms with Gasteiger partial charge in [-0.15, -0.1) is 0 Å². The molecule has 1 rings (SSSR count). The van der Waals surface area contributed by atoms with Crippen LogP contribution in [0, 0.1) is 6.92 Å². The zero-order valence-corrected chi connectivity index (χ0v) is 15.2. The van der Waals surface area contributed by atoms with Crippen LogP contribution in [0.5, 0.6) is 0 Å². The molecule has 0 saturated carbocycles. The molecule has 118 valence electrons. The van der Waals surface area contributed by atoms with Gasteiger partial charge in [-0.05, 0) is 68.0 Å². The molecule has 0 N–H and O–H groups in total. The molecule has 0 heterocycles. The minimum absolute atomic E-state index is 0.118. The maximum atomic E-state index is 12.6. The maximum Gasteiger partial charge on any atom is 0.254 e. The molecule has 0 aromatic heterocycles. The normalized spacial score (nSPS) is 11.0. The summed E-state index contributed by atoms with van der Waals surface area (Å²) in [6, 6.07) is 5.92. The van der Waals surface area contributed by atoms with Crippen LogP contribution in [-0.2, 0) is 0 Å². The summed E-state index contributed by atoms with van der Waals surface area (Å²) in [7, 11) is 0. The second-order valence-electron chi connectivity index (χ2n) is 5.25. The Morgan fingerprint density at radius 2 is 1.76 bits per heavy atom. The van der Waals surface area contributed by atoms with E-state index in [0.717, 1.165) is 54.7 Å². The van der Waals surface area contributed by atoms with E-state index in [9.17, 15) is 4.79 Å². The minimum Gasteiger partial charge on any atom is -0.339 e. The van der Waals surface area contributed by atoms with Crippen molar-refractivity contribution in [1.82, 2.24) is 9.80 Å². The van der Waals surface area contributed by atoms with Crippen molar-refractivity contribution in [1.29, 1.82) is 0 Å². The number of hydrogen-bond acceptors (Lipinski definition) is 2. The molecule has 1 amide bonds. The molecule has 0 unspecified atom stereocenters. The van der Waals surface area contributed by atoms with Crippen LogP contribution in [0.4, 0.5) is 0 Å². The van der Waals surface area contributed by atoms with Gasteiger partial charge >= 0.3 is 0 Å². The fourth-order valence-electron chi connectivity index (χ4n) is 2.40. The number of benzene rings is 1. The molecule has 0 aliphatic rings. The number of halogens is 1. The molecule has 0 saturated heterocycles. The van der Waals surface area contributed by atoms with Gasteiger partial charge in [0.25, 0.3) is 5.91 Å². The summed E-state index contributed by atoms with van der Waals surface area (Å²) < 4.78 is 0.875. The van der Waals surface area contributed by atoms with Gasteiger partial charge in [0.05, 0.1) is 5.56 Å². The number of aryl methyl sites for hydroxylation is 1. The van der Waals surface area contributed by atoms with Gasteiger partial charge in [-0.2, -0.15) is 0 Å². The highest BCUT2D eigenvalue weighted by molar-refractivity contribution is 9.10. The molecule has 0 aliphatic heterocycles. The topological polar surface area (TPSA) is 23.6 Å². The van der Waals surface area contributed by atoms with Gasteiger partial charge in [-0.25, -0.2) is 0 Å². The van der Waals surface area contributed by atoms with Gasteiger partial charge in [0.1, 0.15) is 0 Å². The Morgan fingerprint density at radius 3 is 2.33 bits per heavy atom. The van der Waals surface area contributed by atoms with Crippen LogP contribution in [0.25, 0.3) is 0 Å². The third-order valence-corrected chi connectivity index (χ3v) is 4.51. The summed E-state index contributed by atoms with van der Waals surface area (Å²) in [5.41, 5.74) is 1.88. The molecule has 0 atom stereocenters. The van der Waals surface area contributed by atoms with Gasteiger partial charge in [-0.1, -0.05) is 25.5 Å². The Balaban J connectivity index is 2.67. The summed E-state index contributed by atoms with van der Waals surface area (Å²) in [5, 5.41) is 0. The van der Waals surface area contributed by atoms with E-state index in [0.29, 0.717) is 0 Å². The van der Waals surface area contributed by atoms with Gasteiger partial charge < -0.3 is 9.80 Å². The fraction of sp³-hybridized carbons (Fsp3) is 0.588. The van der Waals surface area contributed by atoms with Gasteiger partial charge in [0.2, 0.25) is 0 Å². The lowest BCUT2D eigenvalue weighted by atomic mass is 10.1. The Kier molecular flexibility index (Phi) is 7.97. The first-order valence-corrected chi connectivity index (χ1v) is 8.60. The lowest BCUT2D eigenvalue weighted by Gasteiger charge is -2.24. The number of rotatable bonds is 8. The van der Waals surface area contributed by atoms with Crippen LogP contribution in [0.2, 0.25) is 0 Å². The van der Waals surface area contributed by atoms with E-state index in [-0.39, 0.29) is 5.91 Å². The number of nitrogens with zero attached hydrogens (tertiary/aromatic N) is 2. The molecular weight excluding hydrogens is 328 g/mol. The van der Waals surface area contributed by atoms with Crippen LogP contribution >= 0.6 is 15.9 Å². The second kappa shape index (κ2) is 9.21.